The largest absolute Gasteiger partial charge is 0.467 e. The van der Waals surface area contributed by atoms with E-state index in [9.17, 15) is 4.79 Å². The van der Waals surface area contributed by atoms with Crippen LogP contribution in [0.15, 0.2) is 95.6 Å². The lowest BCUT2D eigenvalue weighted by molar-refractivity contribution is -0.121. The molecule has 0 radical (unpaired) electrons. The molecule has 0 unspecified atom stereocenters. The first-order valence-electron chi connectivity index (χ1n) is 9.81. The molecule has 1 heterocycles. The van der Waals surface area contributed by atoms with Gasteiger partial charge in [0.15, 0.2) is 0 Å². The normalized spacial score (nSPS) is 13.1. The van der Waals surface area contributed by atoms with Crippen LogP contribution in [0, 0.1) is 0 Å². The van der Waals surface area contributed by atoms with E-state index >= 15 is 0 Å². The van der Waals surface area contributed by atoms with Gasteiger partial charge in [-0.05, 0) is 41.0 Å². The fourth-order valence-corrected chi connectivity index (χ4v) is 3.68. The topological polar surface area (TPSA) is 54.3 Å². The van der Waals surface area contributed by atoms with E-state index in [-0.39, 0.29) is 24.5 Å². The molecular formula is C25H24N2O2. The standard InChI is InChI=1S/C25H24N2O2/c1-18(21-14-7-12-19-9-5-6-13-22(19)21)27-24(28)17-26-25(23-15-8-16-29-23)20-10-3-2-4-11-20/h2-16,18,25-26H,17H2,1H3,(H,27,28)/t18-,25-/m1/s1. The number of furan rings is 1. The van der Waals surface area contributed by atoms with E-state index < -0.39 is 0 Å². The lowest BCUT2D eigenvalue weighted by atomic mass is 9.99. The van der Waals surface area contributed by atoms with Crippen molar-refractivity contribution in [1.82, 2.24) is 10.6 Å². The van der Waals surface area contributed by atoms with E-state index in [1.807, 2.05) is 67.6 Å². The highest BCUT2D eigenvalue weighted by atomic mass is 16.3. The molecule has 3 aromatic carbocycles. The number of amides is 1. The van der Waals surface area contributed by atoms with E-state index in [4.69, 9.17) is 4.42 Å². The first-order chi connectivity index (χ1) is 14.2. The Morgan fingerprint density at radius 3 is 2.45 bits per heavy atom. The molecule has 2 N–H and O–H groups in total. The highest BCUT2D eigenvalue weighted by Crippen LogP contribution is 2.24. The van der Waals surface area contributed by atoms with Crippen molar-refractivity contribution in [1.29, 1.82) is 0 Å². The Balaban J connectivity index is 1.45. The maximum absolute atomic E-state index is 12.7. The highest BCUT2D eigenvalue weighted by molar-refractivity contribution is 5.87. The zero-order valence-corrected chi connectivity index (χ0v) is 16.3. The highest BCUT2D eigenvalue weighted by Gasteiger charge is 2.18. The molecule has 0 aliphatic rings. The predicted molar refractivity (Wildman–Crippen MR) is 116 cm³/mol. The minimum absolute atomic E-state index is 0.0575. The summed E-state index contributed by atoms with van der Waals surface area (Å²) in [6.07, 6.45) is 1.65. The summed E-state index contributed by atoms with van der Waals surface area (Å²) in [5.41, 5.74) is 2.17. The summed E-state index contributed by atoms with van der Waals surface area (Å²) in [7, 11) is 0. The molecule has 1 amide bonds. The minimum Gasteiger partial charge on any atom is -0.467 e. The SMILES string of the molecule is C[C@@H](NC(=O)CN[C@H](c1ccccc1)c1ccco1)c1cccc2ccccc12. The van der Waals surface area contributed by atoms with Crippen molar-refractivity contribution in [2.45, 2.75) is 19.0 Å². The molecule has 4 rings (SSSR count). The smallest absolute Gasteiger partial charge is 0.234 e. The summed E-state index contributed by atoms with van der Waals surface area (Å²) >= 11 is 0. The van der Waals surface area contributed by atoms with E-state index in [0.717, 1.165) is 22.3 Å². The molecule has 0 aliphatic carbocycles. The number of hydrogen-bond acceptors (Lipinski definition) is 3. The molecule has 0 spiro atoms. The Bertz CT molecular complexity index is 1070. The number of carbonyl (C=O) groups is 1. The number of hydrogen-bond donors (Lipinski definition) is 2. The van der Waals surface area contributed by atoms with Gasteiger partial charge in [-0.25, -0.2) is 0 Å². The molecule has 0 saturated carbocycles. The number of carbonyl (C=O) groups excluding carboxylic acids is 1. The van der Waals surface area contributed by atoms with Gasteiger partial charge in [-0.15, -0.1) is 0 Å². The molecule has 1 aromatic heterocycles. The molecule has 0 saturated heterocycles. The van der Waals surface area contributed by atoms with Gasteiger partial charge in [-0.3, -0.25) is 10.1 Å². The van der Waals surface area contributed by atoms with Crippen LogP contribution in [-0.2, 0) is 4.79 Å². The van der Waals surface area contributed by atoms with Gasteiger partial charge in [0.05, 0.1) is 24.9 Å². The van der Waals surface area contributed by atoms with Crippen molar-refractivity contribution >= 4 is 16.7 Å². The van der Waals surface area contributed by atoms with Crippen LogP contribution >= 0.6 is 0 Å². The molecule has 2 atom stereocenters. The fourth-order valence-electron chi connectivity index (χ4n) is 3.68. The van der Waals surface area contributed by atoms with Crippen LogP contribution in [-0.4, -0.2) is 12.5 Å². The van der Waals surface area contributed by atoms with E-state index in [1.165, 1.54) is 5.39 Å². The molecule has 4 nitrogen and oxygen atoms in total. The number of rotatable bonds is 7. The molecule has 0 aliphatic heterocycles. The average Bonchev–Trinajstić information content (AvgIpc) is 3.29. The Kier molecular flexibility index (Phi) is 5.73. The summed E-state index contributed by atoms with van der Waals surface area (Å²) in [6, 6.07) is 27.9. The third-order valence-electron chi connectivity index (χ3n) is 5.09. The van der Waals surface area contributed by atoms with Gasteiger partial charge in [0.25, 0.3) is 0 Å². The fraction of sp³-hybridized carbons (Fsp3) is 0.160. The van der Waals surface area contributed by atoms with E-state index in [2.05, 4.69) is 34.9 Å². The van der Waals surface area contributed by atoms with Crippen LogP contribution < -0.4 is 10.6 Å². The van der Waals surface area contributed by atoms with Gasteiger partial charge in [-0.2, -0.15) is 0 Å². The summed E-state index contributed by atoms with van der Waals surface area (Å²) in [6.45, 7) is 2.20. The van der Waals surface area contributed by atoms with Crippen molar-refractivity contribution in [2.24, 2.45) is 0 Å². The van der Waals surface area contributed by atoms with Crippen LogP contribution in [0.5, 0.6) is 0 Å². The maximum atomic E-state index is 12.7. The molecule has 0 fully saturated rings. The lowest BCUT2D eigenvalue weighted by Crippen LogP contribution is -2.37. The molecule has 0 bridgehead atoms. The van der Waals surface area contributed by atoms with Gasteiger partial charge in [0, 0.05) is 0 Å². The Labute approximate surface area is 170 Å². The van der Waals surface area contributed by atoms with Crippen molar-refractivity contribution in [3.8, 4) is 0 Å². The summed E-state index contributed by atoms with van der Waals surface area (Å²) in [4.78, 5) is 12.7. The summed E-state index contributed by atoms with van der Waals surface area (Å²) in [5, 5.41) is 8.77. The summed E-state index contributed by atoms with van der Waals surface area (Å²) in [5.74, 6) is 0.726. The molecule has 146 valence electrons. The van der Waals surface area contributed by atoms with Crippen molar-refractivity contribution < 1.29 is 9.21 Å². The summed E-state index contributed by atoms with van der Waals surface area (Å²) < 4.78 is 5.59. The van der Waals surface area contributed by atoms with Crippen LogP contribution in [0.4, 0.5) is 0 Å². The molecule has 29 heavy (non-hydrogen) atoms. The maximum Gasteiger partial charge on any atom is 0.234 e. The zero-order chi connectivity index (χ0) is 20.1. The lowest BCUT2D eigenvalue weighted by Gasteiger charge is -2.20. The van der Waals surface area contributed by atoms with Crippen molar-refractivity contribution in [3.63, 3.8) is 0 Å². The van der Waals surface area contributed by atoms with E-state index in [0.29, 0.717) is 0 Å². The Hall–Kier alpha value is -3.37. The first-order valence-corrected chi connectivity index (χ1v) is 9.81. The van der Waals surface area contributed by atoms with Gasteiger partial charge in [0.2, 0.25) is 5.91 Å². The van der Waals surface area contributed by atoms with Gasteiger partial charge in [0.1, 0.15) is 5.76 Å². The second-order valence-corrected chi connectivity index (χ2v) is 7.10. The first kappa shape index (κ1) is 19.0. The predicted octanol–water partition coefficient (Wildman–Crippen LogP) is 4.99. The minimum atomic E-state index is -0.176. The van der Waals surface area contributed by atoms with Crippen LogP contribution in [0.2, 0.25) is 0 Å². The van der Waals surface area contributed by atoms with Crippen molar-refractivity contribution in [2.75, 3.05) is 6.54 Å². The third kappa shape index (κ3) is 4.39. The zero-order valence-electron chi connectivity index (χ0n) is 16.3. The monoisotopic (exact) mass is 384 g/mol. The van der Waals surface area contributed by atoms with Crippen LogP contribution in [0.3, 0.4) is 0 Å². The van der Waals surface area contributed by atoms with Gasteiger partial charge < -0.3 is 9.73 Å². The van der Waals surface area contributed by atoms with Crippen LogP contribution in [0.25, 0.3) is 10.8 Å². The Morgan fingerprint density at radius 1 is 0.897 bits per heavy atom. The molecular weight excluding hydrogens is 360 g/mol. The van der Waals surface area contributed by atoms with Crippen LogP contribution in [0.1, 0.15) is 35.9 Å². The molecule has 4 heteroatoms. The van der Waals surface area contributed by atoms with Gasteiger partial charge >= 0.3 is 0 Å². The second kappa shape index (κ2) is 8.76. The third-order valence-corrected chi connectivity index (χ3v) is 5.09. The second-order valence-electron chi connectivity index (χ2n) is 7.10. The number of fused-ring (bicyclic) bond motifs is 1. The van der Waals surface area contributed by atoms with E-state index in [1.54, 1.807) is 6.26 Å². The quantitative estimate of drug-likeness (QED) is 0.472. The number of benzene rings is 3. The average molecular weight is 384 g/mol. The molecule has 4 aromatic rings. The number of nitrogens with one attached hydrogen (secondary N) is 2. The van der Waals surface area contributed by atoms with Crippen molar-refractivity contribution in [3.05, 3.63) is 108 Å². The Morgan fingerprint density at radius 2 is 1.66 bits per heavy atom. The van der Waals surface area contributed by atoms with Gasteiger partial charge in [-0.1, -0.05) is 72.8 Å².